The van der Waals surface area contributed by atoms with E-state index >= 15 is 0 Å². The molecule has 1 amide bonds. The molecule has 3 rings (SSSR count). The SMILES string of the molecule is O=C(CCS(=O)(=O)c1ccccc1)N1CCN(CCn2cccn2)CC1. The van der Waals surface area contributed by atoms with Crippen LogP contribution in [0.25, 0.3) is 0 Å². The van der Waals surface area contributed by atoms with Gasteiger partial charge in [-0.1, -0.05) is 18.2 Å². The molecule has 1 saturated heterocycles. The molecule has 0 spiro atoms. The molecule has 7 nitrogen and oxygen atoms in total. The van der Waals surface area contributed by atoms with Gasteiger partial charge in [0.1, 0.15) is 0 Å². The molecule has 2 heterocycles. The summed E-state index contributed by atoms with van der Waals surface area (Å²) in [5.74, 6) is -0.230. The van der Waals surface area contributed by atoms with Gasteiger partial charge in [-0.25, -0.2) is 8.42 Å². The molecule has 0 bridgehead atoms. The summed E-state index contributed by atoms with van der Waals surface area (Å²) in [6, 6.07) is 10.2. The number of amides is 1. The normalized spacial score (nSPS) is 15.9. The molecule has 1 aromatic heterocycles. The number of sulfone groups is 1. The summed E-state index contributed by atoms with van der Waals surface area (Å²) >= 11 is 0. The van der Waals surface area contributed by atoms with E-state index in [-0.39, 0.29) is 23.0 Å². The molecule has 140 valence electrons. The average Bonchev–Trinajstić information content (AvgIpc) is 3.19. The number of hydrogen-bond acceptors (Lipinski definition) is 5. The molecule has 2 aromatic rings. The lowest BCUT2D eigenvalue weighted by Gasteiger charge is -2.34. The van der Waals surface area contributed by atoms with Crippen molar-refractivity contribution >= 4 is 15.7 Å². The molecular weight excluding hydrogens is 352 g/mol. The molecule has 8 heteroatoms. The van der Waals surface area contributed by atoms with E-state index < -0.39 is 9.84 Å². The standard InChI is InChI=1S/C18H24N4O3S/c23-18(7-16-26(24,25)17-5-2-1-3-6-17)21-13-10-20(11-14-21)12-15-22-9-4-8-19-22/h1-6,8-9H,7,10-16H2. The van der Waals surface area contributed by atoms with Crippen LogP contribution in [-0.4, -0.2) is 72.4 Å². The van der Waals surface area contributed by atoms with E-state index in [0.29, 0.717) is 13.1 Å². The minimum atomic E-state index is -3.41. The summed E-state index contributed by atoms with van der Waals surface area (Å²) < 4.78 is 26.5. The molecule has 1 aliphatic heterocycles. The predicted octanol–water partition coefficient (Wildman–Crippen LogP) is 0.891. The molecule has 0 N–H and O–H groups in total. The lowest BCUT2D eigenvalue weighted by atomic mass is 10.3. The van der Waals surface area contributed by atoms with Gasteiger partial charge >= 0.3 is 0 Å². The van der Waals surface area contributed by atoms with Crippen LogP contribution in [0, 0.1) is 0 Å². The van der Waals surface area contributed by atoms with Crippen molar-refractivity contribution in [3.63, 3.8) is 0 Å². The van der Waals surface area contributed by atoms with E-state index in [1.165, 1.54) is 0 Å². The van der Waals surface area contributed by atoms with Gasteiger partial charge in [0.2, 0.25) is 5.91 Å². The second-order valence-corrected chi connectivity index (χ2v) is 8.48. The fourth-order valence-electron chi connectivity index (χ4n) is 3.02. The number of benzene rings is 1. The molecule has 26 heavy (non-hydrogen) atoms. The van der Waals surface area contributed by atoms with Crippen LogP contribution in [0.4, 0.5) is 0 Å². The fourth-order valence-corrected chi connectivity index (χ4v) is 4.27. The summed E-state index contributed by atoms with van der Waals surface area (Å²) in [7, 11) is -3.41. The summed E-state index contributed by atoms with van der Waals surface area (Å²) in [5, 5.41) is 4.18. The molecule has 0 aliphatic carbocycles. The average molecular weight is 376 g/mol. The van der Waals surface area contributed by atoms with Crippen LogP contribution in [0.1, 0.15) is 6.42 Å². The second kappa shape index (κ2) is 8.46. The summed E-state index contributed by atoms with van der Waals surface area (Å²) in [4.78, 5) is 16.7. The molecule has 0 unspecified atom stereocenters. The smallest absolute Gasteiger partial charge is 0.223 e. The number of piperazine rings is 1. The third kappa shape index (κ3) is 4.92. The van der Waals surface area contributed by atoms with Crippen molar-refractivity contribution in [2.45, 2.75) is 17.9 Å². The topological polar surface area (TPSA) is 75.5 Å². The molecule has 1 aliphatic rings. The van der Waals surface area contributed by atoms with Gasteiger partial charge in [0, 0.05) is 51.5 Å². The maximum atomic E-state index is 12.4. The maximum Gasteiger partial charge on any atom is 0.223 e. The number of rotatable bonds is 7. The highest BCUT2D eigenvalue weighted by molar-refractivity contribution is 7.91. The van der Waals surface area contributed by atoms with Crippen LogP contribution in [-0.2, 0) is 21.2 Å². The van der Waals surface area contributed by atoms with Gasteiger partial charge in [-0.3, -0.25) is 14.4 Å². The Balaban J connectivity index is 1.42. The van der Waals surface area contributed by atoms with E-state index in [4.69, 9.17) is 0 Å². The monoisotopic (exact) mass is 376 g/mol. The Morgan fingerprint density at radius 3 is 2.38 bits per heavy atom. The van der Waals surface area contributed by atoms with Crippen molar-refractivity contribution in [1.82, 2.24) is 19.6 Å². The zero-order valence-electron chi connectivity index (χ0n) is 14.7. The van der Waals surface area contributed by atoms with Crippen molar-refractivity contribution in [2.75, 3.05) is 38.5 Å². The number of hydrogen-bond donors (Lipinski definition) is 0. The van der Waals surface area contributed by atoms with Crippen LogP contribution < -0.4 is 0 Å². The highest BCUT2D eigenvalue weighted by Gasteiger charge is 2.23. The Labute approximate surface area is 154 Å². The van der Waals surface area contributed by atoms with E-state index in [2.05, 4.69) is 10.00 Å². The third-order valence-electron chi connectivity index (χ3n) is 4.62. The first-order valence-corrected chi connectivity index (χ1v) is 10.5. The van der Waals surface area contributed by atoms with Crippen molar-refractivity contribution in [2.24, 2.45) is 0 Å². The lowest BCUT2D eigenvalue weighted by molar-refractivity contribution is -0.132. The van der Waals surface area contributed by atoms with E-state index in [1.54, 1.807) is 41.4 Å². The van der Waals surface area contributed by atoms with Crippen molar-refractivity contribution < 1.29 is 13.2 Å². The minimum Gasteiger partial charge on any atom is -0.340 e. The quantitative estimate of drug-likeness (QED) is 0.717. The molecule has 1 fully saturated rings. The van der Waals surface area contributed by atoms with Gasteiger partial charge < -0.3 is 4.90 Å². The van der Waals surface area contributed by atoms with Crippen LogP contribution in [0.3, 0.4) is 0 Å². The first-order chi connectivity index (χ1) is 12.5. The highest BCUT2D eigenvalue weighted by atomic mass is 32.2. The highest BCUT2D eigenvalue weighted by Crippen LogP contribution is 2.12. The van der Waals surface area contributed by atoms with Crippen molar-refractivity contribution in [3.8, 4) is 0 Å². The molecule has 0 saturated carbocycles. The zero-order chi connectivity index (χ0) is 18.4. The third-order valence-corrected chi connectivity index (χ3v) is 6.35. The Morgan fingerprint density at radius 2 is 1.73 bits per heavy atom. The van der Waals surface area contributed by atoms with Gasteiger partial charge in [0.05, 0.1) is 17.2 Å². The summed E-state index contributed by atoms with van der Waals surface area (Å²) in [5.41, 5.74) is 0. The lowest BCUT2D eigenvalue weighted by Crippen LogP contribution is -2.49. The predicted molar refractivity (Wildman–Crippen MR) is 98.4 cm³/mol. The zero-order valence-corrected chi connectivity index (χ0v) is 15.5. The number of carbonyl (C=O) groups excluding carboxylic acids is 1. The van der Waals surface area contributed by atoms with Gasteiger partial charge in [-0.15, -0.1) is 0 Å². The first kappa shape index (κ1) is 18.6. The largest absolute Gasteiger partial charge is 0.340 e. The number of nitrogens with zero attached hydrogens (tertiary/aromatic N) is 4. The summed E-state index contributed by atoms with van der Waals surface area (Å²) in [6.45, 7) is 4.62. The van der Waals surface area contributed by atoms with Gasteiger partial charge in [0.25, 0.3) is 0 Å². The van der Waals surface area contributed by atoms with E-state index in [1.807, 2.05) is 16.9 Å². The number of aromatic nitrogens is 2. The minimum absolute atomic E-state index is 0.0323. The Kier molecular flexibility index (Phi) is 6.05. The molecule has 1 aromatic carbocycles. The van der Waals surface area contributed by atoms with E-state index in [0.717, 1.165) is 26.2 Å². The van der Waals surface area contributed by atoms with Crippen LogP contribution in [0.5, 0.6) is 0 Å². The summed E-state index contributed by atoms with van der Waals surface area (Å²) in [6.07, 6.45) is 3.73. The van der Waals surface area contributed by atoms with E-state index in [9.17, 15) is 13.2 Å². The maximum absolute atomic E-state index is 12.4. The Bertz CT molecular complexity index is 798. The van der Waals surface area contributed by atoms with Crippen LogP contribution >= 0.6 is 0 Å². The van der Waals surface area contributed by atoms with Crippen molar-refractivity contribution in [1.29, 1.82) is 0 Å². The van der Waals surface area contributed by atoms with Crippen LogP contribution in [0.15, 0.2) is 53.7 Å². The first-order valence-electron chi connectivity index (χ1n) is 8.80. The van der Waals surface area contributed by atoms with Gasteiger partial charge in [-0.05, 0) is 18.2 Å². The van der Waals surface area contributed by atoms with Crippen LogP contribution in [0.2, 0.25) is 0 Å². The molecular formula is C18H24N4O3S. The van der Waals surface area contributed by atoms with Crippen molar-refractivity contribution in [3.05, 3.63) is 48.8 Å². The molecule has 0 atom stereocenters. The number of carbonyl (C=O) groups is 1. The Morgan fingerprint density at radius 1 is 1.00 bits per heavy atom. The Hall–Kier alpha value is -2.19. The second-order valence-electron chi connectivity index (χ2n) is 6.37. The van der Waals surface area contributed by atoms with Gasteiger partial charge in [0.15, 0.2) is 9.84 Å². The molecule has 0 radical (unpaired) electrons. The van der Waals surface area contributed by atoms with Gasteiger partial charge in [-0.2, -0.15) is 5.10 Å². The fraction of sp³-hybridized carbons (Fsp3) is 0.444.